The number of pyridine rings is 1. The van der Waals surface area contributed by atoms with Crippen LogP contribution in [0.4, 0.5) is 0 Å². The summed E-state index contributed by atoms with van der Waals surface area (Å²) in [6.45, 7) is 0. The molecule has 3 nitrogen and oxygen atoms in total. The van der Waals surface area contributed by atoms with Gasteiger partial charge in [0.1, 0.15) is 0 Å². The molecule has 72 valence electrons. The first-order valence-electron chi connectivity index (χ1n) is 5.04. The largest absolute Gasteiger partial charge is 0.348 e. The van der Waals surface area contributed by atoms with Gasteiger partial charge in [0.15, 0.2) is 0 Å². The topological polar surface area (TPSA) is 42.0 Å². The van der Waals surface area contributed by atoms with Gasteiger partial charge in [-0.05, 0) is 30.5 Å². The molecular weight excluding hydrogens is 176 g/mol. The molecule has 3 rings (SSSR count). The van der Waals surface area contributed by atoms with Crippen molar-refractivity contribution in [1.29, 1.82) is 0 Å². The SMILES string of the molecule is O=C1N[C@@H](c2ccncc2)C12CCC2. The van der Waals surface area contributed by atoms with Gasteiger partial charge in [0.2, 0.25) is 5.91 Å². The van der Waals surface area contributed by atoms with Crippen molar-refractivity contribution in [1.82, 2.24) is 10.3 Å². The number of hydrogen-bond acceptors (Lipinski definition) is 2. The van der Waals surface area contributed by atoms with Gasteiger partial charge in [0.25, 0.3) is 0 Å². The molecule has 1 amide bonds. The zero-order valence-corrected chi connectivity index (χ0v) is 7.86. The van der Waals surface area contributed by atoms with Crippen LogP contribution in [0.1, 0.15) is 30.9 Å². The van der Waals surface area contributed by atoms with Gasteiger partial charge in [-0.3, -0.25) is 9.78 Å². The number of nitrogens with zero attached hydrogens (tertiary/aromatic N) is 1. The molecule has 14 heavy (non-hydrogen) atoms. The van der Waals surface area contributed by atoms with E-state index in [1.54, 1.807) is 12.4 Å². The highest BCUT2D eigenvalue weighted by Crippen LogP contribution is 2.55. The minimum atomic E-state index is -0.0542. The van der Waals surface area contributed by atoms with Crippen LogP contribution < -0.4 is 5.32 Å². The summed E-state index contributed by atoms with van der Waals surface area (Å²) < 4.78 is 0. The quantitative estimate of drug-likeness (QED) is 0.677. The van der Waals surface area contributed by atoms with E-state index >= 15 is 0 Å². The summed E-state index contributed by atoms with van der Waals surface area (Å²) in [6.07, 6.45) is 6.85. The highest BCUT2D eigenvalue weighted by atomic mass is 16.2. The van der Waals surface area contributed by atoms with Crippen LogP contribution in [0.3, 0.4) is 0 Å². The molecule has 1 aliphatic carbocycles. The molecule has 0 unspecified atom stereocenters. The molecule has 1 saturated heterocycles. The summed E-state index contributed by atoms with van der Waals surface area (Å²) in [6, 6.07) is 4.22. The highest BCUT2D eigenvalue weighted by Gasteiger charge is 2.58. The van der Waals surface area contributed by atoms with Crippen LogP contribution in [0.15, 0.2) is 24.5 Å². The first-order valence-corrected chi connectivity index (χ1v) is 5.04. The second kappa shape index (κ2) is 2.56. The van der Waals surface area contributed by atoms with E-state index in [1.165, 1.54) is 12.0 Å². The Morgan fingerprint density at radius 3 is 2.57 bits per heavy atom. The van der Waals surface area contributed by atoms with Crippen molar-refractivity contribution in [2.75, 3.05) is 0 Å². The average molecular weight is 188 g/mol. The molecule has 3 heteroatoms. The molecule has 1 aromatic heterocycles. The molecule has 1 saturated carbocycles. The standard InChI is InChI=1S/C11H12N2O/c14-10-11(4-1-5-11)9(13-10)8-2-6-12-7-3-8/h2-3,6-7,9H,1,4-5H2,(H,13,14)/t9-/m0/s1. The summed E-state index contributed by atoms with van der Waals surface area (Å²) >= 11 is 0. The van der Waals surface area contributed by atoms with Crippen LogP contribution in [-0.2, 0) is 4.79 Å². The van der Waals surface area contributed by atoms with Crippen LogP contribution in [0, 0.1) is 5.41 Å². The fraction of sp³-hybridized carbons (Fsp3) is 0.455. The van der Waals surface area contributed by atoms with Gasteiger partial charge in [0.05, 0.1) is 11.5 Å². The number of β-lactam (4-membered cyclic amide) rings is 1. The lowest BCUT2D eigenvalue weighted by Gasteiger charge is -2.54. The number of nitrogens with one attached hydrogen (secondary N) is 1. The molecule has 0 bridgehead atoms. The molecule has 1 atom stereocenters. The van der Waals surface area contributed by atoms with Crippen LogP contribution >= 0.6 is 0 Å². The monoisotopic (exact) mass is 188 g/mol. The Bertz CT molecular complexity index is 370. The van der Waals surface area contributed by atoms with E-state index in [0.29, 0.717) is 0 Å². The summed E-state index contributed by atoms with van der Waals surface area (Å²) in [5, 5.41) is 2.99. The average Bonchev–Trinajstić information content (AvgIpc) is 2.13. The van der Waals surface area contributed by atoms with E-state index in [-0.39, 0.29) is 17.4 Å². The van der Waals surface area contributed by atoms with E-state index in [0.717, 1.165) is 12.8 Å². The molecular formula is C11H12N2O. The minimum Gasteiger partial charge on any atom is -0.348 e. The fourth-order valence-corrected chi connectivity index (χ4v) is 2.50. The second-order valence-electron chi connectivity index (χ2n) is 4.20. The third-order valence-corrected chi connectivity index (χ3v) is 3.57. The second-order valence-corrected chi connectivity index (χ2v) is 4.20. The lowest BCUT2D eigenvalue weighted by atomic mass is 9.57. The van der Waals surface area contributed by atoms with Crippen molar-refractivity contribution < 1.29 is 4.79 Å². The normalized spacial score (nSPS) is 27.7. The minimum absolute atomic E-state index is 0.0542. The first-order chi connectivity index (χ1) is 6.83. The maximum Gasteiger partial charge on any atom is 0.229 e. The predicted octanol–water partition coefficient (Wildman–Crippen LogP) is 1.42. The zero-order valence-electron chi connectivity index (χ0n) is 7.86. The predicted molar refractivity (Wildman–Crippen MR) is 51.4 cm³/mol. The smallest absolute Gasteiger partial charge is 0.229 e. The first kappa shape index (κ1) is 7.97. The van der Waals surface area contributed by atoms with E-state index in [4.69, 9.17) is 0 Å². The van der Waals surface area contributed by atoms with E-state index in [9.17, 15) is 4.79 Å². The molecule has 1 aromatic rings. The third kappa shape index (κ3) is 0.820. The summed E-state index contributed by atoms with van der Waals surface area (Å²) in [5.41, 5.74) is 1.14. The number of hydrogen-bond donors (Lipinski definition) is 1. The Morgan fingerprint density at radius 2 is 2.07 bits per heavy atom. The Balaban J connectivity index is 1.91. The van der Waals surface area contributed by atoms with Gasteiger partial charge < -0.3 is 5.32 Å². The van der Waals surface area contributed by atoms with Crippen molar-refractivity contribution in [2.24, 2.45) is 5.41 Å². The van der Waals surface area contributed by atoms with Crippen molar-refractivity contribution >= 4 is 5.91 Å². The van der Waals surface area contributed by atoms with E-state index < -0.39 is 0 Å². The molecule has 2 aliphatic rings. The van der Waals surface area contributed by atoms with Crippen LogP contribution in [0.25, 0.3) is 0 Å². The van der Waals surface area contributed by atoms with Crippen molar-refractivity contribution in [2.45, 2.75) is 25.3 Å². The Hall–Kier alpha value is -1.38. The Morgan fingerprint density at radius 1 is 1.36 bits per heavy atom. The summed E-state index contributed by atoms with van der Waals surface area (Å²) in [4.78, 5) is 15.5. The van der Waals surface area contributed by atoms with E-state index in [1.807, 2.05) is 12.1 Å². The van der Waals surface area contributed by atoms with Gasteiger partial charge in [-0.2, -0.15) is 0 Å². The van der Waals surface area contributed by atoms with E-state index in [2.05, 4.69) is 10.3 Å². The number of carbonyl (C=O) groups is 1. The highest BCUT2D eigenvalue weighted by molar-refractivity contribution is 5.91. The molecule has 1 aliphatic heterocycles. The van der Waals surface area contributed by atoms with Crippen LogP contribution in [-0.4, -0.2) is 10.9 Å². The Kier molecular flexibility index (Phi) is 1.46. The third-order valence-electron chi connectivity index (χ3n) is 3.57. The fourth-order valence-electron chi connectivity index (χ4n) is 2.50. The number of rotatable bonds is 1. The van der Waals surface area contributed by atoms with Crippen LogP contribution in [0.5, 0.6) is 0 Å². The number of carbonyl (C=O) groups excluding carboxylic acids is 1. The lowest BCUT2D eigenvalue weighted by Crippen LogP contribution is -2.64. The van der Waals surface area contributed by atoms with Gasteiger partial charge in [-0.15, -0.1) is 0 Å². The van der Waals surface area contributed by atoms with Gasteiger partial charge in [-0.1, -0.05) is 6.42 Å². The summed E-state index contributed by atoms with van der Waals surface area (Å²) in [7, 11) is 0. The van der Waals surface area contributed by atoms with Crippen molar-refractivity contribution in [3.05, 3.63) is 30.1 Å². The molecule has 0 aromatic carbocycles. The maximum absolute atomic E-state index is 11.5. The summed E-state index contributed by atoms with van der Waals surface area (Å²) in [5.74, 6) is 0.241. The molecule has 1 spiro atoms. The molecule has 2 fully saturated rings. The van der Waals surface area contributed by atoms with Crippen molar-refractivity contribution in [3.8, 4) is 0 Å². The number of aromatic nitrogens is 1. The molecule has 2 heterocycles. The van der Waals surface area contributed by atoms with Gasteiger partial charge in [0, 0.05) is 12.4 Å². The Labute approximate surface area is 82.5 Å². The number of amides is 1. The van der Waals surface area contributed by atoms with Gasteiger partial charge in [-0.25, -0.2) is 0 Å². The lowest BCUT2D eigenvalue weighted by molar-refractivity contribution is -0.155. The maximum atomic E-state index is 11.5. The zero-order chi connectivity index (χ0) is 9.60. The van der Waals surface area contributed by atoms with Gasteiger partial charge >= 0.3 is 0 Å². The van der Waals surface area contributed by atoms with Crippen molar-refractivity contribution in [3.63, 3.8) is 0 Å². The molecule has 1 N–H and O–H groups in total. The van der Waals surface area contributed by atoms with Crippen LogP contribution in [0.2, 0.25) is 0 Å². The molecule has 0 radical (unpaired) electrons.